The lowest BCUT2D eigenvalue weighted by atomic mass is 10.1. The van der Waals surface area contributed by atoms with E-state index in [1.165, 1.54) is 0 Å². The summed E-state index contributed by atoms with van der Waals surface area (Å²) in [5.74, 6) is 0. The predicted octanol–water partition coefficient (Wildman–Crippen LogP) is 2.47. The molecule has 0 aliphatic carbocycles. The molecular weight excluding hydrogens is 190 g/mol. The summed E-state index contributed by atoms with van der Waals surface area (Å²) in [4.78, 5) is 0. The van der Waals surface area contributed by atoms with Gasteiger partial charge in [-0.3, -0.25) is 4.74 Å². The molecule has 1 aromatic carbocycles. The minimum atomic E-state index is -0.499. The van der Waals surface area contributed by atoms with Crippen molar-refractivity contribution in [2.75, 3.05) is 0 Å². The van der Waals surface area contributed by atoms with Gasteiger partial charge in [0, 0.05) is 6.92 Å². The Morgan fingerprint density at radius 2 is 1.87 bits per heavy atom. The maximum Gasteiger partial charge on any atom is 0.295 e. The first kappa shape index (κ1) is 10.2. The number of ether oxygens (including phenoxy) is 1. The lowest BCUT2D eigenvalue weighted by molar-refractivity contribution is -0.547. The van der Waals surface area contributed by atoms with E-state index >= 15 is 0 Å². The highest BCUT2D eigenvalue weighted by atomic mass is 16.6. The van der Waals surface area contributed by atoms with E-state index in [1.54, 1.807) is 0 Å². The average Bonchev–Trinajstić information content (AvgIpc) is 2.44. The van der Waals surface area contributed by atoms with E-state index in [-0.39, 0.29) is 0 Å². The average molecular weight is 205 g/mol. The third-order valence-electron chi connectivity index (χ3n) is 2.91. The van der Waals surface area contributed by atoms with Crippen LogP contribution in [-0.2, 0) is 4.74 Å². The van der Waals surface area contributed by atoms with Crippen LogP contribution in [0.15, 0.2) is 30.3 Å². The van der Waals surface area contributed by atoms with Gasteiger partial charge in [-0.1, -0.05) is 18.2 Å². The van der Waals surface area contributed by atoms with Crippen LogP contribution in [0, 0.1) is 5.21 Å². The van der Waals surface area contributed by atoms with Crippen LogP contribution < -0.4 is 0 Å². The van der Waals surface area contributed by atoms with E-state index in [2.05, 4.69) is 0 Å². The van der Waals surface area contributed by atoms with Gasteiger partial charge in [0.1, 0.15) is 5.60 Å². The smallest absolute Gasteiger partial charge is 0.295 e. The largest absolute Gasteiger partial charge is 0.622 e. The fourth-order valence-corrected chi connectivity index (χ4v) is 1.67. The van der Waals surface area contributed by atoms with Gasteiger partial charge in [0.2, 0.25) is 0 Å². The molecule has 0 aromatic heterocycles. The molecule has 1 aliphatic rings. The Bertz CT molecular complexity index is 395. The second-order valence-corrected chi connectivity index (χ2v) is 4.30. The van der Waals surface area contributed by atoms with Gasteiger partial charge in [-0.25, -0.2) is 0 Å². The molecule has 3 heteroatoms. The number of rotatable bonds is 1. The molecule has 1 heterocycles. The van der Waals surface area contributed by atoms with E-state index in [0.717, 1.165) is 16.0 Å². The zero-order valence-corrected chi connectivity index (χ0v) is 9.23. The van der Waals surface area contributed by atoms with Gasteiger partial charge < -0.3 is 5.21 Å². The molecule has 0 spiro atoms. The maximum atomic E-state index is 11.9. The SMILES string of the molecule is CC1=[N+]([O-])C(c2ccccc2)OC1(C)C. The van der Waals surface area contributed by atoms with E-state index in [1.807, 2.05) is 51.1 Å². The van der Waals surface area contributed by atoms with Gasteiger partial charge in [0.15, 0.2) is 5.71 Å². The van der Waals surface area contributed by atoms with Crippen molar-refractivity contribution in [1.29, 1.82) is 0 Å². The molecule has 0 fully saturated rings. The Hall–Kier alpha value is -1.35. The number of nitrogens with zero attached hydrogens (tertiary/aromatic N) is 1. The van der Waals surface area contributed by atoms with E-state index < -0.39 is 11.8 Å². The first-order valence-electron chi connectivity index (χ1n) is 5.05. The second-order valence-electron chi connectivity index (χ2n) is 4.30. The number of hydroxylamine groups is 1. The highest BCUT2D eigenvalue weighted by molar-refractivity contribution is 5.86. The van der Waals surface area contributed by atoms with Crippen LogP contribution in [-0.4, -0.2) is 16.1 Å². The van der Waals surface area contributed by atoms with Crippen molar-refractivity contribution in [2.45, 2.75) is 32.6 Å². The standard InChI is InChI=1S/C12H15NO2/c1-9-12(2,3)15-11(13(9)14)10-7-5-4-6-8-10/h4-8,11H,1-3H3. The van der Waals surface area contributed by atoms with Crippen molar-refractivity contribution in [2.24, 2.45) is 0 Å². The summed E-state index contributed by atoms with van der Waals surface area (Å²) in [6, 6.07) is 9.56. The van der Waals surface area contributed by atoms with Crippen molar-refractivity contribution in [1.82, 2.24) is 0 Å². The third-order valence-corrected chi connectivity index (χ3v) is 2.91. The Morgan fingerprint density at radius 3 is 2.33 bits per heavy atom. The van der Waals surface area contributed by atoms with Crippen molar-refractivity contribution in [3.05, 3.63) is 41.1 Å². The summed E-state index contributed by atoms with van der Waals surface area (Å²) >= 11 is 0. The Kier molecular flexibility index (Phi) is 2.27. The highest BCUT2D eigenvalue weighted by Gasteiger charge is 2.43. The van der Waals surface area contributed by atoms with Crippen molar-refractivity contribution < 1.29 is 9.48 Å². The topological polar surface area (TPSA) is 35.3 Å². The van der Waals surface area contributed by atoms with Gasteiger partial charge >= 0.3 is 0 Å². The van der Waals surface area contributed by atoms with Gasteiger partial charge in [0.05, 0.1) is 5.56 Å². The van der Waals surface area contributed by atoms with E-state index in [4.69, 9.17) is 4.74 Å². The van der Waals surface area contributed by atoms with Gasteiger partial charge in [-0.05, 0) is 26.0 Å². The van der Waals surface area contributed by atoms with Crippen LogP contribution in [0.5, 0.6) is 0 Å². The highest BCUT2D eigenvalue weighted by Crippen LogP contribution is 2.32. The predicted molar refractivity (Wildman–Crippen MR) is 58.7 cm³/mol. The van der Waals surface area contributed by atoms with Gasteiger partial charge in [-0.15, -0.1) is 0 Å². The number of hydrogen-bond acceptors (Lipinski definition) is 2. The molecule has 2 rings (SSSR count). The van der Waals surface area contributed by atoms with Crippen LogP contribution in [0.25, 0.3) is 0 Å². The van der Waals surface area contributed by atoms with Crippen molar-refractivity contribution >= 4 is 5.71 Å². The molecule has 3 nitrogen and oxygen atoms in total. The molecule has 0 amide bonds. The minimum Gasteiger partial charge on any atom is -0.622 e. The van der Waals surface area contributed by atoms with Crippen molar-refractivity contribution in [3.63, 3.8) is 0 Å². The normalized spacial score (nSPS) is 24.6. The molecule has 1 aromatic rings. The van der Waals surface area contributed by atoms with E-state index in [0.29, 0.717) is 0 Å². The molecular formula is C12H15NO2. The summed E-state index contributed by atoms with van der Waals surface area (Å²) in [5.41, 5.74) is 1.15. The zero-order chi connectivity index (χ0) is 11.1. The molecule has 80 valence electrons. The number of hydrogen-bond donors (Lipinski definition) is 0. The molecule has 0 radical (unpaired) electrons. The lowest BCUT2D eigenvalue weighted by Gasteiger charge is -2.15. The Morgan fingerprint density at radius 1 is 1.27 bits per heavy atom. The first-order valence-corrected chi connectivity index (χ1v) is 5.05. The van der Waals surface area contributed by atoms with Crippen LogP contribution in [0.2, 0.25) is 0 Å². The molecule has 15 heavy (non-hydrogen) atoms. The van der Waals surface area contributed by atoms with Crippen molar-refractivity contribution in [3.8, 4) is 0 Å². The Balaban J connectivity index is 2.37. The molecule has 1 aliphatic heterocycles. The summed E-state index contributed by atoms with van der Waals surface area (Å²) < 4.78 is 6.69. The molecule has 1 atom stereocenters. The van der Waals surface area contributed by atoms with Crippen LogP contribution in [0.3, 0.4) is 0 Å². The van der Waals surface area contributed by atoms with Gasteiger partial charge in [0.25, 0.3) is 6.23 Å². The van der Waals surface area contributed by atoms with E-state index in [9.17, 15) is 5.21 Å². The van der Waals surface area contributed by atoms with Crippen LogP contribution in [0.1, 0.15) is 32.6 Å². The Labute approximate surface area is 89.6 Å². The molecule has 1 unspecified atom stereocenters. The summed E-state index contributed by atoms with van der Waals surface area (Å²) in [6.07, 6.45) is -0.499. The maximum absolute atomic E-state index is 11.9. The minimum absolute atomic E-state index is 0.470. The monoisotopic (exact) mass is 205 g/mol. The quantitative estimate of drug-likeness (QED) is 0.521. The molecule has 0 saturated carbocycles. The van der Waals surface area contributed by atoms with Gasteiger partial charge in [-0.2, -0.15) is 4.74 Å². The zero-order valence-electron chi connectivity index (χ0n) is 9.23. The molecule has 0 saturated heterocycles. The molecule has 0 bridgehead atoms. The lowest BCUT2D eigenvalue weighted by Crippen LogP contribution is -2.28. The van der Waals surface area contributed by atoms with Crippen LogP contribution in [0.4, 0.5) is 0 Å². The fourth-order valence-electron chi connectivity index (χ4n) is 1.67. The fraction of sp³-hybridized carbons (Fsp3) is 0.417. The third kappa shape index (κ3) is 1.63. The second kappa shape index (κ2) is 3.35. The first-order chi connectivity index (χ1) is 7.02. The summed E-state index contributed by atoms with van der Waals surface area (Å²) in [6.45, 7) is 5.64. The summed E-state index contributed by atoms with van der Waals surface area (Å²) in [5, 5.41) is 11.9. The molecule has 0 N–H and O–H groups in total. The van der Waals surface area contributed by atoms with Crippen LogP contribution >= 0.6 is 0 Å². The summed E-state index contributed by atoms with van der Waals surface area (Å²) in [7, 11) is 0. The number of benzene rings is 1.